The molecule has 0 unspecified atom stereocenters. The van der Waals surface area contributed by atoms with E-state index in [1.807, 2.05) is 19.9 Å². The van der Waals surface area contributed by atoms with Gasteiger partial charge in [-0.15, -0.1) is 5.10 Å². The molecule has 2 heterocycles. The Labute approximate surface area is 116 Å². The Bertz CT molecular complexity index is 562. The summed E-state index contributed by atoms with van der Waals surface area (Å²) >= 11 is 0. The van der Waals surface area contributed by atoms with Crippen LogP contribution in [-0.4, -0.2) is 26.4 Å². The maximum Gasteiger partial charge on any atom is 0.322 e. The summed E-state index contributed by atoms with van der Waals surface area (Å²) in [7, 11) is 0. The Kier molecular flexibility index (Phi) is 4.70. The van der Waals surface area contributed by atoms with Crippen LogP contribution in [0.15, 0.2) is 10.6 Å². The molecule has 8 heteroatoms. The fourth-order valence-corrected chi connectivity index (χ4v) is 1.62. The van der Waals surface area contributed by atoms with Crippen LogP contribution < -0.4 is 10.6 Å². The molecule has 3 N–H and O–H groups in total. The van der Waals surface area contributed by atoms with Gasteiger partial charge in [-0.3, -0.25) is 10.4 Å². The van der Waals surface area contributed by atoms with Crippen LogP contribution in [0.2, 0.25) is 0 Å². The third-order valence-corrected chi connectivity index (χ3v) is 2.64. The maximum atomic E-state index is 11.7. The second-order valence-electron chi connectivity index (χ2n) is 4.30. The minimum atomic E-state index is -0.388. The number of rotatable bonds is 6. The van der Waals surface area contributed by atoms with Crippen molar-refractivity contribution in [2.75, 3.05) is 5.32 Å². The van der Waals surface area contributed by atoms with Gasteiger partial charge in [-0.1, -0.05) is 19.0 Å². The van der Waals surface area contributed by atoms with Gasteiger partial charge in [0.25, 0.3) is 0 Å². The first-order valence-electron chi connectivity index (χ1n) is 6.61. The van der Waals surface area contributed by atoms with Crippen LogP contribution in [0, 0.1) is 0 Å². The van der Waals surface area contributed by atoms with Gasteiger partial charge in [0.2, 0.25) is 5.95 Å². The van der Waals surface area contributed by atoms with Crippen LogP contribution in [0.1, 0.15) is 37.5 Å². The third kappa shape index (κ3) is 3.81. The fraction of sp³-hybridized carbons (Fsp3) is 0.500. The Balaban J connectivity index is 1.79. The molecule has 2 amide bonds. The summed E-state index contributed by atoms with van der Waals surface area (Å²) in [5, 5.41) is 15.7. The lowest BCUT2D eigenvalue weighted by Gasteiger charge is -2.01. The van der Waals surface area contributed by atoms with E-state index in [-0.39, 0.29) is 18.5 Å². The Morgan fingerprint density at radius 2 is 2.30 bits per heavy atom. The molecule has 0 spiro atoms. The second-order valence-corrected chi connectivity index (χ2v) is 4.30. The predicted octanol–water partition coefficient (Wildman–Crippen LogP) is 1.63. The number of nitrogens with one attached hydrogen (secondary N) is 3. The van der Waals surface area contributed by atoms with E-state index in [1.54, 1.807) is 0 Å². The van der Waals surface area contributed by atoms with Gasteiger partial charge in [0.15, 0.2) is 5.76 Å². The number of nitrogens with zero attached hydrogens (tertiary/aromatic N) is 3. The van der Waals surface area contributed by atoms with Crippen molar-refractivity contribution in [3.63, 3.8) is 0 Å². The molecule has 108 valence electrons. The summed E-state index contributed by atoms with van der Waals surface area (Å²) in [5.74, 6) is 1.63. The van der Waals surface area contributed by atoms with E-state index < -0.39 is 0 Å². The minimum Gasteiger partial charge on any atom is -0.359 e. The molecule has 0 aliphatic heterocycles. The quantitative estimate of drug-likeness (QED) is 0.744. The molecule has 0 radical (unpaired) electrons. The van der Waals surface area contributed by atoms with Crippen molar-refractivity contribution in [2.24, 2.45) is 0 Å². The molecule has 0 aromatic carbocycles. The number of aryl methyl sites for hydroxylation is 2. The van der Waals surface area contributed by atoms with E-state index in [9.17, 15) is 4.79 Å². The zero-order chi connectivity index (χ0) is 14.4. The Hall–Kier alpha value is -2.38. The summed E-state index contributed by atoms with van der Waals surface area (Å²) in [6, 6.07) is 1.42. The highest BCUT2D eigenvalue weighted by atomic mass is 16.5. The molecule has 2 aromatic heterocycles. The van der Waals surface area contributed by atoms with Crippen LogP contribution >= 0.6 is 0 Å². The predicted molar refractivity (Wildman–Crippen MR) is 72.1 cm³/mol. The Morgan fingerprint density at radius 3 is 3.00 bits per heavy atom. The molecule has 0 fully saturated rings. The van der Waals surface area contributed by atoms with E-state index in [0.717, 1.165) is 30.8 Å². The number of hydrogen-bond acceptors (Lipinski definition) is 5. The smallest absolute Gasteiger partial charge is 0.322 e. The molecular formula is C12H18N6O2. The highest BCUT2D eigenvalue weighted by Crippen LogP contribution is 2.04. The van der Waals surface area contributed by atoms with Gasteiger partial charge >= 0.3 is 6.03 Å². The lowest BCUT2D eigenvalue weighted by molar-refractivity contribution is 0.250. The van der Waals surface area contributed by atoms with Crippen LogP contribution in [-0.2, 0) is 19.4 Å². The van der Waals surface area contributed by atoms with E-state index in [2.05, 4.69) is 31.0 Å². The number of carbonyl (C=O) groups is 1. The van der Waals surface area contributed by atoms with Gasteiger partial charge in [-0.05, 0) is 12.8 Å². The standard InChI is InChI=1S/C12H18N6O2/c1-3-5-10-14-11(17-16-10)15-12(19)13-7-9-6-8(4-2)18-20-9/h6H,3-5,7H2,1-2H3,(H3,13,14,15,16,17,19). The van der Waals surface area contributed by atoms with Gasteiger partial charge in [0.1, 0.15) is 5.82 Å². The summed E-state index contributed by atoms with van der Waals surface area (Å²) in [6.45, 7) is 4.30. The molecule has 2 aromatic rings. The van der Waals surface area contributed by atoms with Gasteiger partial charge in [0.05, 0.1) is 12.2 Å². The molecule has 2 rings (SSSR count). The molecule has 0 bridgehead atoms. The van der Waals surface area contributed by atoms with Gasteiger partial charge in [-0.25, -0.2) is 4.79 Å². The highest BCUT2D eigenvalue weighted by Gasteiger charge is 2.08. The first-order valence-corrected chi connectivity index (χ1v) is 6.61. The first-order chi connectivity index (χ1) is 9.71. The van der Waals surface area contributed by atoms with Crippen molar-refractivity contribution < 1.29 is 9.32 Å². The molecule has 0 saturated carbocycles. The van der Waals surface area contributed by atoms with Gasteiger partial charge in [0, 0.05) is 12.5 Å². The summed E-state index contributed by atoms with van der Waals surface area (Å²) in [4.78, 5) is 15.8. The number of carbonyl (C=O) groups excluding carboxylic acids is 1. The van der Waals surface area contributed by atoms with E-state index >= 15 is 0 Å². The SMILES string of the molecule is CCCc1nc(NC(=O)NCc2cc(CC)no2)n[nH]1. The molecule has 20 heavy (non-hydrogen) atoms. The largest absolute Gasteiger partial charge is 0.359 e. The van der Waals surface area contributed by atoms with Crippen molar-refractivity contribution in [3.05, 3.63) is 23.3 Å². The normalized spacial score (nSPS) is 10.5. The topological polar surface area (TPSA) is 109 Å². The molecule has 8 nitrogen and oxygen atoms in total. The second kappa shape index (κ2) is 6.69. The first kappa shape index (κ1) is 14.0. The van der Waals surface area contributed by atoms with Crippen LogP contribution in [0.5, 0.6) is 0 Å². The van der Waals surface area contributed by atoms with Crippen LogP contribution in [0.4, 0.5) is 10.7 Å². The van der Waals surface area contributed by atoms with Crippen molar-refractivity contribution in [1.82, 2.24) is 25.7 Å². The molecule has 0 saturated heterocycles. The number of aromatic amines is 1. The van der Waals surface area contributed by atoms with Crippen LogP contribution in [0.3, 0.4) is 0 Å². The van der Waals surface area contributed by atoms with Crippen molar-refractivity contribution >= 4 is 12.0 Å². The number of aromatic nitrogens is 4. The molecule has 0 aliphatic rings. The fourth-order valence-electron chi connectivity index (χ4n) is 1.62. The zero-order valence-corrected chi connectivity index (χ0v) is 11.6. The summed E-state index contributed by atoms with van der Waals surface area (Å²) < 4.78 is 5.06. The van der Waals surface area contributed by atoms with Crippen molar-refractivity contribution in [3.8, 4) is 0 Å². The van der Waals surface area contributed by atoms with E-state index in [1.165, 1.54) is 0 Å². The lowest BCUT2D eigenvalue weighted by atomic mass is 10.3. The summed E-state index contributed by atoms with van der Waals surface area (Å²) in [5.41, 5.74) is 0.861. The monoisotopic (exact) mass is 278 g/mol. The number of urea groups is 1. The molecular weight excluding hydrogens is 260 g/mol. The van der Waals surface area contributed by atoms with Crippen molar-refractivity contribution in [1.29, 1.82) is 0 Å². The average Bonchev–Trinajstić information content (AvgIpc) is 3.06. The number of hydrogen-bond donors (Lipinski definition) is 3. The molecule has 0 atom stereocenters. The van der Waals surface area contributed by atoms with E-state index in [4.69, 9.17) is 4.52 Å². The van der Waals surface area contributed by atoms with E-state index in [0.29, 0.717) is 5.76 Å². The van der Waals surface area contributed by atoms with Crippen molar-refractivity contribution in [2.45, 2.75) is 39.7 Å². The lowest BCUT2D eigenvalue weighted by Crippen LogP contribution is -2.28. The van der Waals surface area contributed by atoms with Gasteiger partial charge in [-0.2, -0.15) is 4.98 Å². The Morgan fingerprint density at radius 1 is 1.45 bits per heavy atom. The zero-order valence-electron chi connectivity index (χ0n) is 11.6. The maximum absolute atomic E-state index is 11.7. The van der Waals surface area contributed by atoms with Crippen LogP contribution in [0.25, 0.3) is 0 Å². The highest BCUT2D eigenvalue weighted by molar-refractivity contribution is 5.87. The number of anilines is 1. The number of amides is 2. The number of H-pyrrole nitrogens is 1. The third-order valence-electron chi connectivity index (χ3n) is 2.64. The summed E-state index contributed by atoms with van der Waals surface area (Å²) in [6.07, 6.45) is 2.56. The average molecular weight is 278 g/mol. The minimum absolute atomic E-state index is 0.262. The molecule has 0 aliphatic carbocycles. The van der Waals surface area contributed by atoms with Gasteiger partial charge < -0.3 is 9.84 Å².